The highest BCUT2D eigenvalue weighted by Gasteiger charge is 2.04. The van der Waals surface area contributed by atoms with Gasteiger partial charge in [-0.3, -0.25) is 0 Å². The van der Waals surface area contributed by atoms with Gasteiger partial charge < -0.3 is 4.74 Å². The number of benzene rings is 1. The third-order valence-corrected chi connectivity index (χ3v) is 2.55. The van der Waals surface area contributed by atoms with Crippen LogP contribution >= 0.6 is 0 Å². The van der Waals surface area contributed by atoms with Crippen molar-refractivity contribution in [3.63, 3.8) is 0 Å². The number of hydrogen-bond donors (Lipinski definition) is 0. The van der Waals surface area contributed by atoms with Gasteiger partial charge in [-0.2, -0.15) is 5.26 Å². The molecule has 92 valence electrons. The van der Waals surface area contributed by atoms with Gasteiger partial charge in [0.2, 0.25) is 0 Å². The van der Waals surface area contributed by atoms with Crippen molar-refractivity contribution in [3.8, 4) is 11.8 Å². The van der Waals surface area contributed by atoms with Gasteiger partial charge in [0, 0.05) is 0 Å². The highest BCUT2D eigenvalue weighted by Crippen LogP contribution is 2.22. The molecular formula is C16H17NO. The van der Waals surface area contributed by atoms with Crippen molar-refractivity contribution < 1.29 is 4.74 Å². The van der Waals surface area contributed by atoms with Crippen molar-refractivity contribution in [3.05, 3.63) is 65.5 Å². The molecule has 0 spiro atoms. The van der Waals surface area contributed by atoms with E-state index in [1.807, 2.05) is 32.9 Å². The number of nitriles is 1. The summed E-state index contributed by atoms with van der Waals surface area (Å²) in [6.07, 6.45) is 1.81. The molecule has 0 bridgehead atoms. The van der Waals surface area contributed by atoms with Crippen LogP contribution in [0.5, 0.6) is 5.75 Å². The Morgan fingerprint density at radius 2 is 2.00 bits per heavy atom. The maximum atomic E-state index is 9.04. The smallest absolute Gasteiger partial charge is 0.145 e. The Morgan fingerprint density at radius 1 is 1.33 bits per heavy atom. The van der Waals surface area contributed by atoms with Crippen LogP contribution in [0.15, 0.2) is 54.3 Å². The van der Waals surface area contributed by atoms with Gasteiger partial charge in [-0.25, -0.2) is 0 Å². The van der Waals surface area contributed by atoms with Crippen molar-refractivity contribution in [2.75, 3.05) is 0 Å². The average molecular weight is 239 g/mol. The number of aryl methyl sites for hydroxylation is 1. The molecule has 0 N–H and O–H groups in total. The molecule has 0 aromatic heterocycles. The van der Waals surface area contributed by atoms with Crippen molar-refractivity contribution in [1.29, 1.82) is 5.26 Å². The predicted octanol–water partition coefficient (Wildman–Crippen LogP) is 4.28. The second-order valence-corrected chi connectivity index (χ2v) is 4.29. The first-order valence-electron chi connectivity index (χ1n) is 5.65. The van der Waals surface area contributed by atoms with Crippen LogP contribution < -0.4 is 4.74 Å². The molecule has 1 rings (SSSR count). The molecule has 18 heavy (non-hydrogen) atoms. The van der Waals surface area contributed by atoms with Gasteiger partial charge >= 0.3 is 0 Å². The first-order valence-corrected chi connectivity index (χ1v) is 5.65. The fourth-order valence-electron chi connectivity index (χ4n) is 1.36. The summed E-state index contributed by atoms with van der Waals surface area (Å²) in [7, 11) is 0. The van der Waals surface area contributed by atoms with E-state index in [0.29, 0.717) is 17.1 Å². The van der Waals surface area contributed by atoms with Gasteiger partial charge in [0.25, 0.3) is 0 Å². The second kappa shape index (κ2) is 5.88. The molecule has 0 saturated carbocycles. The van der Waals surface area contributed by atoms with E-state index < -0.39 is 0 Å². The Hall–Kier alpha value is -2.27. The molecular weight excluding hydrogens is 222 g/mol. The number of nitrogens with zero attached hydrogens (tertiary/aromatic N) is 1. The van der Waals surface area contributed by atoms with Crippen LogP contribution in [0.3, 0.4) is 0 Å². The molecule has 0 fully saturated rings. The van der Waals surface area contributed by atoms with Crippen molar-refractivity contribution >= 4 is 0 Å². The van der Waals surface area contributed by atoms with E-state index in [1.165, 1.54) is 0 Å². The molecule has 0 aliphatic carbocycles. The third-order valence-electron chi connectivity index (χ3n) is 2.55. The molecule has 0 atom stereocenters. The lowest BCUT2D eigenvalue weighted by Crippen LogP contribution is -1.95. The number of rotatable bonds is 4. The Bertz CT molecular complexity index is 559. The molecule has 0 radical (unpaired) electrons. The fourth-order valence-corrected chi connectivity index (χ4v) is 1.36. The van der Waals surface area contributed by atoms with Crippen LogP contribution in [0.1, 0.15) is 25.0 Å². The van der Waals surface area contributed by atoms with Gasteiger partial charge in [-0.15, -0.1) is 0 Å². The van der Waals surface area contributed by atoms with Crippen LogP contribution in [0, 0.1) is 18.3 Å². The largest absolute Gasteiger partial charge is 0.457 e. The summed E-state index contributed by atoms with van der Waals surface area (Å²) >= 11 is 0. The minimum atomic E-state index is 0.496. The highest BCUT2D eigenvalue weighted by atomic mass is 16.5. The van der Waals surface area contributed by atoms with Crippen LogP contribution in [0.25, 0.3) is 0 Å². The zero-order valence-corrected chi connectivity index (χ0v) is 11.1. The Balaban J connectivity index is 2.93. The normalized spacial score (nSPS) is 10.7. The summed E-state index contributed by atoms with van der Waals surface area (Å²) in [6.45, 7) is 13.5. The number of ether oxygens (including phenoxy) is 1. The topological polar surface area (TPSA) is 33.0 Å². The molecule has 0 aliphatic heterocycles. The van der Waals surface area contributed by atoms with Gasteiger partial charge in [0.05, 0.1) is 5.56 Å². The van der Waals surface area contributed by atoms with Crippen LogP contribution in [-0.2, 0) is 0 Å². The lowest BCUT2D eigenvalue weighted by molar-refractivity contribution is 0.445. The lowest BCUT2D eigenvalue weighted by atomic mass is 10.1. The molecule has 2 heteroatoms. The first kappa shape index (κ1) is 13.8. The molecule has 0 heterocycles. The zero-order valence-electron chi connectivity index (χ0n) is 11.1. The predicted molar refractivity (Wildman–Crippen MR) is 74.2 cm³/mol. The lowest BCUT2D eigenvalue weighted by Gasteiger charge is -2.09. The van der Waals surface area contributed by atoms with Crippen LogP contribution in [-0.4, -0.2) is 0 Å². The van der Waals surface area contributed by atoms with Gasteiger partial charge in [0.1, 0.15) is 17.6 Å². The standard InChI is InChI=1S/C16H17NO/c1-11(2)13(4)9-14(5)18-16-7-6-12(3)8-15(16)10-17/h6-9H,1,5H2,2-4H3/b13-9-. The minimum Gasteiger partial charge on any atom is -0.457 e. The minimum absolute atomic E-state index is 0.496. The summed E-state index contributed by atoms with van der Waals surface area (Å²) in [4.78, 5) is 0. The van der Waals surface area contributed by atoms with Crippen LogP contribution in [0.2, 0.25) is 0 Å². The first-order chi connectivity index (χ1) is 8.43. The Labute approximate surface area is 109 Å². The average Bonchev–Trinajstić information content (AvgIpc) is 2.31. The molecule has 0 saturated heterocycles. The third kappa shape index (κ3) is 3.64. The SMILES string of the molecule is C=C(/C=C(/C)C(=C)C)Oc1ccc(C)cc1C#N. The quantitative estimate of drug-likeness (QED) is 0.580. The molecule has 1 aromatic carbocycles. The summed E-state index contributed by atoms with van der Waals surface area (Å²) in [6, 6.07) is 7.59. The summed E-state index contributed by atoms with van der Waals surface area (Å²) in [5.41, 5.74) is 3.51. The number of allylic oxidation sites excluding steroid dienone is 3. The van der Waals surface area contributed by atoms with Gasteiger partial charge in [-0.05, 0) is 50.1 Å². The molecule has 0 unspecified atom stereocenters. The monoisotopic (exact) mass is 239 g/mol. The molecule has 0 amide bonds. The fraction of sp³-hybridized carbons (Fsp3) is 0.188. The van der Waals surface area contributed by atoms with E-state index in [1.54, 1.807) is 12.1 Å². The Morgan fingerprint density at radius 3 is 2.56 bits per heavy atom. The van der Waals surface area contributed by atoms with E-state index in [9.17, 15) is 0 Å². The van der Waals surface area contributed by atoms with E-state index in [2.05, 4.69) is 19.2 Å². The highest BCUT2D eigenvalue weighted by molar-refractivity contribution is 5.46. The van der Waals surface area contributed by atoms with Gasteiger partial charge in [0.15, 0.2) is 0 Å². The van der Waals surface area contributed by atoms with E-state index in [4.69, 9.17) is 10.00 Å². The maximum absolute atomic E-state index is 9.04. The number of hydrogen-bond acceptors (Lipinski definition) is 2. The molecule has 2 nitrogen and oxygen atoms in total. The van der Waals surface area contributed by atoms with Crippen LogP contribution in [0.4, 0.5) is 0 Å². The van der Waals surface area contributed by atoms with Crippen molar-refractivity contribution in [2.45, 2.75) is 20.8 Å². The summed E-state index contributed by atoms with van der Waals surface area (Å²) < 4.78 is 5.58. The van der Waals surface area contributed by atoms with Crippen molar-refractivity contribution in [1.82, 2.24) is 0 Å². The van der Waals surface area contributed by atoms with E-state index >= 15 is 0 Å². The molecule has 1 aromatic rings. The van der Waals surface area contributed by atoms with Crippen molar-refractivity contribution in [2.24, 2.45) is 0 Å². The molecule has 0 aliphatic rings. The van der Waals surface area contributed by atoms with E-state index in [-0.39, 0.29) is 0 Å². The summed E-state index contributed by atoms with van der Waals surface area (Å²) in [5.74, 6) is 1.02. The maximum Gasteiger partial charge on any atom is 0.145 e. The Kier molecular flexibility index (Phi) is 4.51. The van der Waals surface area contributed by atoms with Gasteiger partial charge in [-0.1, -0.05) is 24.8 Å². The summed E-state index contributed by atoms with van der Waals surface area (Å²) in [5, 5.41) is 9.04. The second-order valence-electron chi connectivity index (χ2n) is 4.29. The zero-order chi connectivity index (χ0) is 13.7. The van der Waals surface area contributed by atoms with E-state index in [0.717, 1.165) is 16.7 Å².